The van der Waals surface area contributed by atoms with Crippen molar-refractivity contribution in [2.75, 3.05) is 10.6 Å². The standard InChI is InChI=1S/C31H31FN6O2S/c1-16-30(17(2)40-36-16)19-7-12-26-25(13-19)35-31(38(26)21-9-11-24-28(15-21)41-18(3)34-24)27-5-4-6-29(39)37(27)20-8-10-23(33)22(32)14-20/h7-8,10,12-14,21,27H,4-6,9,11,15,33H2,1-3H3/t21-,27+/m1/s1. The molecule has 0 radical (unpaired) electrons. The lowest BCUT2D eigenvalue weighted by Gasteiger charge is -2.37. The average molecular weight is 571 g/mol. The molecule has 10 heteroatoms. The van der Waals surface area contributed by atoms with Crippen LogP contribution in [-0.4, -0.2) is 25.6 Å². The van der Waals surface area contributed by atoms with Crippen LogP contribution in [0.5, 0.6) is 0 Å². The molecule has 2 atom stereocenters. The Bertz CT molecular complexity index is 1800. The molecule has 1 amide bonds. The highest BCUT2D eigenvalue weighted by atomic mass is 32.1. The van der Waals surface area contributed by atoms with Crippen molar-refractivity contribution in [2.24, 2.45) is 0 Å². The van der Waals surface area contributed by atoms with Crippen molar-refractivity contribution in [1.29, 1.82) is 0 Å². The smallest absolute Gasteiger partial charge is 0.227 e. The topological polar surface area (TPSA) is 103 Å². The van der Waals surface area contributed by atoms with Crippen molar-refractivity contribution in [2.45, 2.75) is 71.4 Å². The van der Waals surface area contributed by atoms with E-state index in [1.807, 2.05) is 13.8 Å². The lowest BCUT2D eigenvalue weighted by molar-refractivity contribution is -0.120. The number of piperidine rings is 1. The van der Waals surface area contributed by atoms with Gasteiger partial charge in [0.2, 0.25) is 5.91 Å². The zero-order chi connectivity index (χ0) is 28.4. The van der Waals surface area contributed by atoms with Crippen molar-refractivity contribution in [3.05, 3.63) is 75.1 Å². The number of benzene rings is 2. The van der Waals surface area contributed by atoms with E-state index in [0.717, 1.165) is 76.6 Å². The van der Waals surface area contributed by atoms with E-state index in [0.29, 0.717) is 12.1 Å². The van der Waals surface area contributed by atoms with Crippen molar-refractivity contribution in [3.8, 4) is 11.1 Å². The fraction of sp³-hybridized carbons (Fsp3) is 0.355. The molecule has 2 aliphatic rings. The Morgan fingerprint density at radius 1 is 1.07 bits per heavy atom. The van der Waals surface area contributed by atoms with E-state index in [-0.39, 0.29) is 23.7 Å². The number of nitrogen functional groups attached to an aromatic ring is 1. The molecule has 41 heavy (non-hydrogen) atoms. The molecule has 2 N–H and O–H groups in total. The van der Waals surface area contributed by atoms with Crippen LogP contribution in [0.3, 0.4) is 0 Å². The van der Waals surface area contributed by atoms with E-state index in [2.05, 4.69) is 34.8 Å². The van der Waals surface area contributed by atoms with Gasteiger partial charge in [-0.15, -0.1) is 11.3 Å². The maximum absolute atomic E-state index is 14.6. The fourth-order valence-electron chi connectivity index (χ4n) is 6.60. The second-order valence-electron chi connectivity index (χ2n) is 11.1. The third-order valence-corrected chi connectivity index (χ3v) is 9.47. The first-order valence-electron chi connectivity index (χ1n) is 14.1. The third kappa shape index (κ3) is 4.32. The van der Waals surface area contributed by atoms with Crippen LogP contribution in [0.15, 0.2) is 40.9 Å². The molecule has 7 rings (SSSR count). The second kappa shape index (κ2) is 9.80. The number of carbonyl (C=O) groups is 1. The first kappa shape index (κ1) is 25.9. The van der Waals surface area contributed by atoms with E-state index < -0.39 is 5.82 Å². The molecule has 1 saturated heterocycles. The van der Waals surface area contributed by atoms with Gasteiger partial charge in [-0.25, -0.2) is 14.4 Å². The molecule has 1 fully saturated rings. The van der Waals surface area contributed by atoms with Gasteiger partial charge in [-0.2, -0.15) is 0 Å². The Morgan fingerprint density at radius 3 is 2.71 bits per heavy atom. The second-order valence-corrected chi connectivity index (χ2v) is 12.4. The van der Waals surface area contributed by atoms with Gasteiger partial charge in [0.25, 0.3) is 0 Å². The molecule has 3 aromatic heterocycles. The van der Waals surface area contributed by atoms with Gasteiger partial charge in [0, 0.05) is 35.0 Å². The number of carbonyl (C=O) groups excluding carboxylic acids is 1. The molecule has 1 aliphatic heterocycles. The first-order valence-corrected chi connectivity index (χ1v) is 14.9. The largest absolute Gasteiger partial charge is 0.396 e. The van der Waals surface area contributed by atoms with Crippen LogP contribution in [0.25, 0.3) is 22.2 Å². The summed E-state index contributed by atoms with van der Waals surface area (Å²) in [5, 5.41) is 5.23. The summed E-state index contributed by atoms with van der Waals surface area (Å²) in [6, 6.07) is 10.8. The Labute approximate surface area is 241 Å². The highest BCUT2D eigenvalue weighted by Crippen LogP contribution is 2.42. The molecule has 5 aromatic rings. The molecule has 0 saturated carbocycles. The molecule has 1 aliphatic carbocycles. The number of amides is 1. The minimum atomic E-state index is -0.530. The minimum Gasteiger partial charge on any atom is -0.396 e. The van der Waals surface area contributed by atoms with Crippen LogP contribution in [0, 0.1) is 26.6 Å². The van der Waals surface area contributed by atoms with Crippen LogP contribution >= 0.6 is 11.3 Å². The number of fused-ring (bicyclic) bond motifs is 2. The predicted octanol–water partition coefficient (Wildman–Crippen LogP) is 6.78. The average Bonchev–Trinajstić information content (AvgIpc) is 3.62. The Kier molecular flexibility index (Phi) is 6.19. The summed E-state index contributed by atoms with van der Waals surface area (Å²) in [5.74, 6) is 1.02. The quantitative estimate of drug-likeness (QED) is 0.239. The molecular weight excluding hydrogens is 539 g/mol. The van der Waals surface area contributed by atoms with Gasteiger partial charge < -0.3 is 19.7 Å². The van der Waals surface area contributed by atoms with E-state index in [1.54, 1.807) is 22.3 Å². The van der Waals surface area contributed by atoms with Crippen LogP contribution in [0.4, 0.5) is 15.8 Å². The predicted molar refractivity (Wildman–Crippen MR) is 158 cm³/mol. The number of nitrogens with two attached hydrogens (primary N) is 1. The zero-order valence-electron chi connectivity index (χ0n) is 23.3. The number of hydrogen-bond acceptors (Lipinski definition) is 7. The minimum absolute atomic E-state index is 0.0375. The highest BCUT2D eigenvalue weighted by molar-refractivity contribution is 7.11. The molecule has 8 nitrogen and oxygen atoms in total. The number of aryl methyl sites for hydroxylation is 4. The van der Waals surface area contributed by atoms with Gasteiger partial charge in [0.15, 0.2) is 0 Å². The molecule has 0 unspecified atom stereocenters. The Hall–Kier alpha value is -4.05. The third-order valence-electron chi connectivity index (χ3n) is 8.43. The number of anilines is 2. The molecule has 210 valence electrons. The van der Waals surface area contributed by atoms with E-state index >= 15 is 0 Å². The Morgan fingerprint density at radius 2 is 1.93 bits per heavy atom. The highest BCUT2D eigenvalue weighted by Gasteiger charge is 2.37. The first-order chi connectivity index (χ1) is 19.8. The number of imidazole rings is 1. The van der Waals surface area contributed by atoms with Crippen molar-refractivity contribution in [3.63, 3.8) is 0 Å². The summed E-state index contributed by atoms with van der Waals surface area (Å²) in [4.78, 5) is 26.5. The fourth-order valence-corrected chi connectivity index (χ4v) is 7.65. The number of hydrogen-bond donors (Lipinski definition) is 1. The van der Waals surface area contributed by atoms with E-state index in [9.17, 15) is 9.18 Å². The van der Waals surface area contributed by atoms with Crippen molar-refractivity contribution >= 4 is 39.7 Å². The molecular formula is C31H31FN6O2S. The number of rotatable bonds is 4. The van der Waals surface area contributed by atoms with Gasteiger partial charge in [0.1, 0.15) is 17.4 Å². The van der Waals surface area contributed by atoms with Crippen molar-refractivity contribution < 1.29 is 13.7 Å². The Balaban J connectivity index is 1.40. The monoisotopic (exact) mass is 570 g/mol. The maximum atomic E-state index is 14.6. The van der Waals surface area contributed by atoms with E-state index in [1.165, 1.54) is 22.7 Å². The summed E-state index contributed by atoms with van der Waals surface area (Å²) in [7, 11) is 0. The number of nitrogens with zero attached hydrogens (tertiary/aromatic N) is 5. The summed E-state index contributed by atoms with van der Waals surface area (Å²) < 4.78 is 22.4. The number of aromatic nitrogens is 4. The van der Waals surface area contributed by atoms with Gasteiger partial charge >= 0.3 is 0 Å². The summed E-state index contributed by atoms with van der Waals surface area (Å²) in [5.41, 5.74) is 12.2. The van der Waals surface area contributed by atoms with E-state index in [4.69, 9.17) is 20.2 Å². The normalized spacial score (nSPS) is 19.2. The summed E-state index contributed by atoms with van der Waals surface area (Å²) >= 11 is 1.76. The maximum Gasteiger partial charge on any atom is 0.227 e. The van der Waals surface area contributed by atoms with Crippen LogP contribution in [0.1, 0.15) is 70.6 Å². The molecule has 0 spiro atoms. The summed E-state index contributed by atoms with van der Waals surface area (Å²) in [6.45, 7) is 5.91. The van der Waals surface area contributed by atoms with Crippen LogP contribution < -0.4 is 10.6 Å². The van der Waals surface area contributed by atoms with Crippen LogP contribution in [0.2, 0.25) is 0 Å². The molecule has 2 aromatic carbocycles. The van der Waals surface area contributed by atoms with Crippen molar-refractivity contribution in [1.82, 2.24) is 19.7 Å². The molecule has 0 bridgehead atoms. The molecule has 4 heterocycles. The summed E-state index contributed by atoms with van der Waals surface area (Å²) in [6.07, 6.45) is 4.58. The van der Waals surface area contributed by atoms with Crippen LogP contribution in [-0.2, 0) is 17.6 Å². The zero-order valence-corrected chi connectivity index (χ0v) is 24.1. The van der Waals surface area contributed by atoms with Gasteiger partial charge in [-0.05, 0) is 82.3 Å². The lowest BCUT2D eigenvalue weighted by Crippen LogP contribution is -2.40. The lowest BCUT2D eigenvalue weighted by atomic mass is 9.95. The van der Waals surface area contributed by atoms with Gasteiger partial charge in [-0.3, -0.25) is 4.79 Å². The number of thiazole rings is 1. The van der Waals surface area contributed by atoms with Gasteiger partial charge in [-0.1, -0.05) is 11.2 Å². The number of halogens is 1. The SMILES string of the molecule is Cc1nc2c(s1)C[C@H](n1c([C@@H]3CCCC(=O)N3c3ccc(N)c(F)c3)nc3cc(-c4c(C)noc4C)ccc31)CC2. The van der Waals surface area contributed by atoms with Gasteiger partial charge in [0.05, 0.1) is 39.2 Å².